The predicted octanol–water partition coefficient (Wildman–Crippen LogP) is 3.07. The Morgan fingerprint density at radius 3 is 2.19 bits per heavy atom. The van der Waals surface area contributed by atoms with Crippen LogP contribution in [0.25, 0.3) is 0 Å². The molecule has 0 atom stereocenters. The number of nitrogens with one attached hydrogen (secondary N) is 1. The lowest BCUT2D eigenvalue weighted by Crippen LogP contribution is -2.38. The van der Waals surface area contributed by atoms with Crippen LogP contribution in [0, 0.1) is 11.7 Å². The molecule has 2 aliphatic rings. The fourth-order valence-corrected chi connectivity index (χ4v) is 3.78. The number of hydrogen-bond acceptors (Lipinski definition) is 5. The molecular formula is C20H24FN5O. The van der Waals surface area contributed by atoms with E-state index in [0.717, 1.165) is 50.7 Å². The molecule has 0 spiro atoms. The van der Waals surface area contributed by atoms with Gasteiger partial charge < -0.3 is 15.1 Å². The van der Waals surface area contributed by atoms with E-state index in [1.807, 2.05) is 0 Å². The van der Waals surface area contributed by atoms with Gasteiger partial charge in [0.2, 0.25) is 5.91 Å². The van der Waals surface area contributed by atoms with E-state index in [1.165, 1.54) is 25.0 Å². The van der Waals surface area contributed by atoms with E-state index in [1.54, 1.807) is 18.5 Å². The van der Waals surface area contributed by atoms with Gasteiger partial charge in [0.1, 0.15) is 23.8 Å². The van der Waals surface area contributed by atoms with Gasteiger partial charge in [-0.05, 0) is 49.9 Å². The van der Waals surface area contributed by atoms with Crippen LogP contribution in [0.15, 0.2) is 36.7 Å². The smallest absolute Gasteiger partial charge is 0.227 e. The van der Waals surface area contributed by atoms with Crippen molar-refractivity contribution in [1.29, 1.82) is 0 Å². The van der Waals surface area contributed by atoms with Crippen LogP contribution in [0.4, 0.5) is 21.7 Å². The Kier molecular flexibility index (Phi) is 5.18. The van der Waals surface area contributed by atoms with Gasteiger partial charge in [0.15, 0.2) is 0 Å². The summed E-state index contributed by atoms with van der Waals surface area (Å²) >= 11 is 0. The van der Waals surface area contributed by atoms with E-state index >= 15 is 0 Å². The number of amides is 1. The Labute approximate surface area is 158 Å². The zero-order chi connectivity index (χ0) is 18.6. The average Bonchev–Trinajstić information content (AvgIpc) is 3.25. The van der Waals surface area contributed by atoms with Crippen molar-refractivity contribution in [1.82, 2.24) is 9.97 Å². The number of hydrogen-bond donors (Lipinski definition) is 1. The zero-order valence-corrected chi connectivity index (χ0v) is 15.3. The van der Waals surface area contributed by atoms with E-state index in [9.17, 15) is 9.18 Å². The molecule has 0 bridgehead atoms. The lowest BCUT2D eigenvalue weighted by Gasteiger charge is -2.32. The van der Waals surface area contributed by atoms with Crippen LogP contribution in [0.2, 0.25) is 0 Å². The molecule has 2 saturated heterocycles. The topological polar surface area (TPSA) is 61.4 Å². The monoisotopic (exact) mass is 369 g/mol. The molecule has 6 nitrogen and oxygen atoms in total. The molecule has 2 aromatic rings. The van der Waals surface area contributed by atoms with Gasteiger partial charge in [-0.1, -0.05) is 0 Å². The van der Waals surface area contributed by atoms with Gasteiger partial charge in [-0.15, -0.1) is 0 Å². The first-order chi connectivity index (χ1) is 13.2. The summed E-state index contributed by atoms with van der Waals surface area (Å²) in [6, 6.07) is 7.94. The Hall–Kier alpha value is -2.70. The van der Waals surface area contributed by atoms with Gasteiger partial charge in [0, 0.05) is 43.9 Å². The third-order valence-electron chi connectivity index (χ3n) is 5.37. The summed E-state index contributed by atoms with van der Waals surface area (Å²) in [5.41, 5.74) is 0.634. The van der Waals surface area contributed by atoms with E-state index in [2.05, 4.69) is 31.2 Å². The number of rotatable bonds is 4. The lowest BCUT2D eigenvalue weighted by molar-refractivity contribution is -0.120. The third-order valence-corrected chi connectivity index (χ3v) is 5.37. The zero-order valence-electron chi connectivity index (χ0n) is 15.3. The number of nitrogens with zero attached hydrogens (tertiary/aromatic N) is 4. The maximum atomic E-state index is 13.0. The lowest BCUT2D eigenvalue weighted by atomic mass is 9.96. The number of anilines is 3. The molecule has 4 rings (SSSR count). The van der Waals surface area contributed by atoms with Crippen molar-refractivity contribution in [2.45, 2.75) is 25.7 Å². The van der Waals surface area contributed by atoms with Gasteiger partial charge in [-0.25, -0.2) is 14.4 Å². The van der Waals surface area contributed by atoms with Crippen LogP contribution in [-0.2, 0) is 4.79 Å². The van der Waals surface area contributed by atoms with Crippen LogP contribution in [-0.4, -0.2) is 42.1 Å². The van der Waals surface area contributed by atoms with Crippen molar-refractivity contribution >= 4 is 23.2 Å². The summed E-state index contributed by atoms with van der Waals surface area (Å²) in [6.07, 6.45) is 5.62. The summed E-state index contributed by atoms with van der Waals surface area (Å²) < 4.78 is 13.0. The second-order valence-electron chi connectivity index (χ2n) is 7.19. The third kappa shape index (κ3) is 4.18. The first-order valence-electron chi connectivity index (χ1n) is 9.57. The molecule has 1 N–H and O–H groups in total. The second-order valence-corrected chi connectivity index (χ2v) is 7.19. The largest absolute Gasteiger partial charge is 0.356 e. The van der Waals surface area contributed by atoms with Crippen molar-refractivity contribution in [3.8, 4) is 0 Å². The first kappa shape index (κ1) is 17.7. The standard InChI is InChI=1S/C20H24FN5O/c21-16-3-5-17(6-4-16)24-20(27)15-7-11-26(12-8-15)19-13-18(22-14-23-19)25-9-1-2-10-25/h3-6,13-15H,1-2,7-12H2,(H,24,27). The summed E-state index contributed by atoms with van der Waals surface area (Å²) in [6.45, 7) is 3.69. The van der Waals surface area contributed by atoms with Gasteiger partial charge in [0.25, 0.3) is 0 Å². The van der Waals surface area contributed by atoms with Crippen molar-refractivity contribution in [2.75, 3.05) is 41.3 Å². The summed E-state index contributed by atoms with van der Waals surface area (Å²) in [5.74, 6) is 1.59. The highest BCUT2D eigenvalue weighted by atomic mass is 19.1. The molecule has 3 heterocycles. The Balaban J connectivity index is 1.34. The number of piperidine rings is 1. The predicted molar refractivity (Wildman–Crippen MR) is 103 cm³/mol. The van der Waals surface area contributed by atoms with E-state index < -0.39 is 0 Å². The number of aromatic nitrogens is 2. The molecule has 1 aromatic heterocycles. The van der Waals surface area contributed by atoms with Crippen LogP contribution >= 0.6 is 0 Å². The quantitative estimate of drug-likeness (QED) is 0.897. The highest BCUT2D eigenvalue weighted by molar-refractivity contribution is 5.92. The molecule has 1 aromatic carbocycles. The number of carbonyl (C=O) groups is 1. The normalized spacial score (nSPS) is 18.0. The second kappa shape index (κ2) is 7.90. The first-order valence-corrected chi connectivity index (χ1v) is 9.57. The van der Waals surface area contributed by atoms with E-state index in [0.29, 0.717) is 5.69 Å². The number of carbonyl (C=O) groups excluding carboxylic acids is 1. The minimum Gasteiger partial charge on any atom is -0.356 e. The molecule has 7 heteroatoms. The molecule has 2 aliphatic heterocycles. The summed E-state index contributed by atoms with van der Waals surface area (Å²) in [5, 5.41) is 2.88. The van der Waals surface area contributed by atoms with Crippen LogP contribution < -0.4 is 15.1 Å². The molecular weight excluding hydrogens is 345 g/mol. The number of benzene rings is 1. The molecule has 1 amide bonds. The van der Waals surface area contributed by atoms with Crippen LogP contribution in [0.1, 0.15) is 25.7 Å². The average molecular weight is 369 g/mol. The van der Waals surface area contributed by atoms with Crippen molar-refractivity contribution in [3.05, 3.63) is 42.5 Å². The fraction of sp³-hybridized carbons (Fsp3) is 0.450. The molecule has 2 fully saturated rings. The van der Waals surface area contributed by atoms with Gasteiger partial charge >= 0.3 is 0 Å². The minimum atomic E-state index is -0.306. The Morgan fingerprint density at radius 2 is 1.56 bits per heavy atom. The molecule has 142 valence electrons. The summed E-state index contributed by atoms with van der Waals surface area (Å²) in [7, 11) is 0. The van der Waals surface area contributed by atoms with E-state index in [4.69, 9.17) is 0 Å². The summed E-state index contributed by atoms with van der Waals surface area (Å²) in [4.78, 5) is 25.8. The van der Waals surface area contributed by atoms with Gasteiger partial charge in [0.05, 0.1) is 0 Å². The van der Waals surface area contributed by atoms with Crippen LogP contribution in [0.5, 0.6) is 0 Å². The van der Waals surface area contributed by atoms with Gasteiger partial charge in [-0.3, -0.25) is 4.79 Å². The molecule has 0 aliphatic carbocycles. The van der Waals surface area contributed by atoms with Crippen molar-refractivity contribution in [2.24, 2.45) is 5.92 Å². The fourth-order valence-electron chi connectivity index (χ4n) is 3.78. The molecule has 0 unspecified atom stereocenters. The Bertz CT molecular complexity index is 783. The van der Waals surface area contributed by atoms with E-state index in [-0.39, 0.29) is 17.6 Å². The molecule has 0 saturated carbocycles. The maximum Gasteiger partial charge on any atom is 0.227 e. The molecule has 27 heavy (non-hydrogen) atoms. The van der Waals surface area contributed by atoms with Crippen molar-refractivity contribution < 1.29 is 9.18 Å². The minimum absolute atomic E-state index is 0.00158. The van der Waals surface area contributed by atoms with Crippen LogP contribution in [0.3, 0.4) is 0 Å². The van der Waals surface area contributed by atoms with Gasteiger partial charge in [-0.2, -0.15) is 0 Å². The number of halogens is 1. The highest BCUT2D eigenvalue weighted by Gasteiger charge is 2.26. The molecule has 0 radical (unpaired) electrons. The maximum absolute atomic E-state index is 13.0. The van der Waals surface area contributed by atoms with Crippen molar-refractivity contribution in [3.63, 3.8) is 0 Å². The Morgan fingerprint density at radius 1 is 0.963 bits per heavy atom. The highest BCUT2D eigenvalue weighted by Crippen LogP contribution is 2.26. The SMILES string of the molecule is O=C(Nc1ccc(F)cc1)C1CCN(c2cc(N3CCCC3)ncn2)CC1.